The van der Waals surface area contributed by atoms with Gasteiger partial charge in [0.25, 0.3) is 0 Å². The first kappa shape index (κ1) is 11.5. The SMILES string of the molecule is N[C@H](Cc1ccccc1)c1nc(-c2ncn[nH]2)no1. The summed E-state index contributed by atoms with van der Waals surface area (Å²) in [5, 5.41) is 10.2. The maximum atomic E-state index is 6.05. The number of nitrogens with zero attached hydrogens (tertiary/aromatic N) is 4. The molecule has 2 aromatic heterocycles. The normalized spacial score (nSPS) is 12.5. The van der Waals surface area contributed by atoms with Gasteiger partial charge in [0.05, 0.1) is 6.04 Å². The van der Waals surface area contributed by atoms with Crippen LogP contribution in [0.5, 0.6) is 0 Å². The zero-order valence-corrected chi connectivity index (χ0v) is 10.0. The average Bonchev–Trinajstić information content (AvgIpc) is 3.11. The second-order valence-corrected chi connectivity index (χ2v) is 4.09. The van der Waals surface area contributed by atoms with E-state index in [1.165, 1.54) is 6.33 Å². The zero-order valence-electron chi connectivity index (χ0n) is 10.0. The molecule has 0 saturated carbocycles. The van der Waals surface area contributed by atoms with Gasteiger partial charge < -0.3 is 10.3 Å². The molecule has 3 aromatic rings. The predicted molar refractivity (Wildman–Crippen MR) is 66.7 cm³/mol. The molecule has 0 unspecified atom stereocenters. The summed E-state index contributed by atoms with van der Waals surface area (Å²) in [5.41, 5.74) is 7.17. The van der Waals surface area contributed by atoms with Crippen molar-refractivity contribution in [1.29, 1.82) is 0 Å². The average molecular weight is 256 g/mol. The molecule has 0 aliphatic rings. The lowest BCUT2D eigenvalue weighted by Gasteiger charge is -2.05. The Labute approximate surface area is 108 Å². The van der Waals surface area contributed by atoms with E-state index in [-0.39, 0.29) is 6.04 Å². The van der Waals surface area contributed by atoms with E-state index in [0.717, 1.165) is 5.56 Å². The number of hydrogen-bond donors (Lipinski definition) is 2. The highest BCUT2D eigenvalue weighted by atomic mass is 16.5. The van der Waals surface area contributed by atoms with Gasteiger partial charge in [0, 0.05) is 0 Å². The fourth-order valence-corrected chi connectivity index (χ4v) is 1.75. The third kappa shape index (κ3) is 2.50. The Morgan fingerprint density at radius 3 is 2.84 bits per heavy atom. The van der Waals surface area contributed by atoms with E-state index in [1.807, 2.05) is 30.3 Å². The van der Waals surface area contributed by atoms with Crippen molar-refractivity contribution in [3.8, 4) is 11.6 Å². The highest BCUT2D eigenvalue weighted by Crippen LogP contribution is 2.17. The Kier molecular flexibility index (Phi) is 3.03. The van der Waals surface area contributed by atoms with Crippen LogP contribution in [0.3, 0.4) is 0 Å². The minimum Gasteiger partial charge on any atom is -0.337 e. The molecule has 0 aliphatic carbocycles. The van der Waals surface area contributed by atoms with Crippen molar-refractivity contribution in [1.82, 2.24) is 25.3 Å². The van der Waals surface area contributed by atoms with Crippen LogP contribution < -0.4 is 5.73 Å². The molecule has 7 nitrogen and oxygen atoms in total. The van der Waals surface area contributed by atoms with Crippen LogP contribution in [0.1, 0.15) is 17.5 Å². The molecule has 1 atom stereocenters. The quantitative estimate of drug-likeness (QED) is 0.723. The molecule has 0 bridgehead atoms. The van der Waals surface area contributed by atoms with Crippen molar-refractivity contribution >= 4 is 0 Å². The van der Waals surface area contributed by atoms with E-state index < -0.39 is 0 Å². The third-order valence-electron chi connectivity index (χ3n) is 2.68. The topological polar surface area (TPSA) is 107 Å². The van der Waals surface area contributed by atoms with Crippen LogP contribution >= 0.6 is 0 Å². The van der Waals surface area contributed by atoms with Crippen LogP contribution in [-0.2, 0) is 6.42 Å². The summed E-state index contributed by atoms with van der Waals surface area (Å²) in [4.78, 5) is 8.16. The van der Waals surface area contributed by atoms with Gasteiger partial charge in [-0.15, -0.1) is 0 Å². The molecule has 1 aromatic carbocycles. The number of H-pyrrole nitrogens is 1. The zero-order chi connectivity index (χ0) is 13.1. The van der Waals surface area contributed by atoms with E-state index in [0.29, 0.717) is 24.0 Å². The highest BCUT2D eigenvalue weighted by molar-refractivity contribution is 5.39. The van der Waals surface area contributed by atoms with Gasteiger partial charge in [0.2, 0.25) is 11.7 Å². The number of hydrogen-bond acceptors (Lipinski definition) is 6. The summed E-state index contributed by atoms with van der Waals surface area (Å²) in [6.07, 6.45) is 2.02. The van der Waals surface area contributed by atoms with Crippen molar-refractivity contribution in [2.75, 3.05) is 0 Å². The Morgan fingerprint density at radius 1 is 1.26 bits per heavy atom. The number of benzene rings is 1. The first-order chi connectivity index (χ1) is 9.33. The van der Waals surface area contributed by atoms with E-state index in [4.69, 9.17) is 10.3 Å². The predicted octanol–water partition coefficient (Wildman–Crippen LogP) is 1.10. The molecule has 3 rings (SSSR count). The molecule has 0 saturated heterocycles. The summed E-state index contributed by atoms with van der Waals surface area (Å²) >= 11 is 0. The molecule has 0 radical (unpaired) electrons. The lowest BCUT2D eigenvalue weighted by atomic mass is 10.1. The molecular weight excluding hydrogens is 244 g/mol. The van der Waals surface area contributed by atoms with Crippen molar-refractivity contribution in [3.05, 3.63) is 48.1 Å². The maximum absolute atomic E-state index is 6.05. The monoisotopic (exact) mass is 256 g/mol. The van der Waals surface area contributed by atoms with Crippen molar-refractivity contribution < 1.29 is 4.52 Å². The smallest absolute Gasteiger partial charge is 0.244 e. The van der Waals surface area contributed by atoms with Crippen LogP contribution in [0, 0.1) is 0 Å². The second kappa shape index (κ2) is 4.99. The number of rotatable bonds is 4. The Morgan fingerprint density at radius 2 is 2.11 bits per heavy atom. The Balaban J connectivity index is 1.76. The van der Waals surface area contributed by atoms with Gasteiger partial charge in [-0.1, -0.05) is 35.5 Å². The van der Waals surface area contributed by atoms with Crippen LogP contribution in [0.25, 0.3) is 11.6 Å². The van der Waals surface area contributed by atoms with E-state index in [1.54, 1.807) is 0 Å². The Bertz CT molecular complexity index is 633. The molecular formula is C12H12N6O. The molecule has 7 heteroatoms. The van der Waals surface area contributed by atoms with Crippen molar-refractivity contribution in [2.24, 2.45) is 5.73 Å². The van der Waals surface area contributed by atoms with Crippen LogP contribution in [-0.4, -0.2) is 25.3 Å². The molecule has 2 heterocycles. The largest absolute Gasteiger partial charge is 0.337 e. The van der Waals surface area contributed by atoms with Gasteiger partial charge in [0.15, 0.2) is 5.82 Å². The van der Waals surface area contributed by atoms with Gasteiger partial charge in [-0.25, -0.2) is 4.98 Å². The van der Waals surface area contributed by atoms with Gasteiger partial charge in [-0.05, 0) is 12.0 Å². The molecule has 19 heavy (non-hydrogen) atoms. The number of nitrogens with one attached hydrogen (secondary N) is 1. The lowest BCUT2D eigenvalue weighted by molar-refractivity contribution is 0.354. The van der Waals surface area contributed by atoms with Crippen LogP contribution in [0.2, 0.25) is 0 Å². The summed E-state index contributed by atoms with van der Waals surface area (Å²) < 4.78 is 5.15. The summed E-state index contributed by atoms with van der Waals surface area (Å²) in [6, 6.07) is 9.57. The first-order valence-corrected chi connectivity index (χ1v) is 5.82. The number of aromatic nitrogens is 5. The molecule has 3 N–H and O–H groups in total. The van der Waals surface area contributed by atoms with E-state index in [2.05, 4.69) is 25.3 Å². The van der Waals surface area contributed by atoms with Gasteiger partial charge >= 0.3 is 0 Å². The number of aromatic amines is 1. The Hall–Kier alpha value is -2.54. The van der Waals surface area contributed by atoms with Crippen LogP contribution in [0.4, 0.5) is 0 Å². The third-order valence-corrected chi connectivity index (χ3v) is 2.68. The van der Waals surface area contributed by atoms with Gasteiger partial charge in [0.1, 0.15) is 6.33 Å². The molecule has 0 aliphatic heterocycles. The second-order valence-electron chi connectivity index (χ2n) is 4.09. The summed E-state index contributed by atoms with van der Waals surface area (Å²) in [6.45, 7) is 0. The molecule has 96 valence electrons. The fraction of sp³-hybridized carbons (Fsp3) is 0.167. The molecule has 0 amide bonds. The molecule has 0 spiro atoms. The maximum Gasteiger partial charge on any atom is 0.244 e. The van der Waals surface area contributed by atoms with Crippen molar-refractivity contribution in [3.63, 3.8) is 0 Å². The van der Waals surface area contributed by atoms with E-state index >= 15 is 0 Å². The van der Waals surface area contributed by atoms with Gasteiger partial charge in [-0.2, -0.15) is 10.1 Å². The lowest BCUT2D eigenvalue weighted by Crippen LogP contribution is -2.13. The standard InChI is InChI=1S/C12H12N6O/c13-9(6-8-4-2-1-3-5-8)12-16-11(18-19-12)10-14-7-15-17-10/h1-5,7,9H,6,13H2,(H,14,15,17)/t9-/m1/s1. The summed E-state index contributed by atoms with van der Waals surface area (Å²) in [7, 11) is 0. The highest BCUT2D eigenvalue weighted by Gasteiger charge is 2.17. The minimum absolute atomic E-state index is 0.341. The van der Waals surface area contributed by atoms with Crippen molar-refractivity contribution in [2.45, 2.75) is 12.5 Å². The number of nitrogens with two attached hydrogens (primary N) is 1. The van der Waals surface area contributed by atoms with Gasteiger partial charge in [-0.3, -0.25) is 5.10 Å². The molecule has 0 fully saturated rings. The van der Waals surface area contributed by atoms with E-state index in [9.17, 15) is 0 Å². The van der Waals surface area contributed by atoms with Crippen LogP contribution in [0.15, 0.2) is 41.2 Å². The minimum atomic E-state index is -0.341. The first-order valence-electron chi connectivity index (χ1n) is 5.82. The summed E-state index contributed by atoms with van der Waals surface area (Å²) in [5.74, 6) is 1.20. The fourth-order valence-electron chi connectivity index (χ4n) is 1.75.